The van der Waals surface area contributed by atoms with Crippen molar-refractivity contribution >= 4 is 39.4 Å². The second kappa shape index (κ2) is 4.84. The average Bonchev–Trinajstić information content (AvgIpc) is 3.49. The molecule has 0 amide bonds. The first-order valence-corrected chi connectivity index (χ1v) is 12.0. The van der Waals surface area contributed by atoms with E-state index in [1.807, 2.05) is 37.0 Å². The quantitative estimate of drug-likeness (QED) is 0.255. The van der Waals surface area contributed by atoms with Gasteiger partial charge >= 0.3 is 22.9 Å². The number of quaternary nitrogens is 1. The average molecular weight is 461 g/mol. The van der Waals surface area contributed by atoms with E-state index in [1.165, 1.54) is 26.1 Å². The third kappa shape index (κ3) is 1.41. The number of ether oxygens (including phenoxy) is 1. The number of aromatic nitrogens is 6. The Hall–Kier alpha value is -4.21. The van der Waals surface area contributed by atoms with Crippen LogP contribution in [0.5, 0.6) is 11.6 Å². The van der Waals surface area contributed by atoms with Crippen LogP contribution in [0.4, 0.5) is 5.69 Å². The molecule has 158 valence electrons. The van der Waals surface area contributed by atoms with Crippen molar-refractivity contribution in [2.45, 2.75) is 16.7 Å². The summed E-state index contributed by atoms with van der Waals surface area (Å²) in [5.41, 5.74) is 7.47. The van der Waals surface area contributed by atoms with Crippen molar-refractivity contribution in [1.29, 1.82) is 0 Å². The minimum atomic E-state index is 0.150. The molecule has 2 aromatic carbocycles. The molecule has 6 aromatic rings. The van der Waals surface area contributed by atoms with E-state index < -0.39 is 0 Å². The Labute approximate surface area is 195 Å². The van der Waals surface area contributed by atoms with Crippen molar-refractivity contribution in [3.63, 3.8) is 0 Å². The van der Waals surface area contributed by atoms with Crippen LogP contribution < -0.4 is 19.0 Å². The molecule has 0 bridgehead atoms. The zero-order chi connectivity index (χ0) is 21.9. The number of nitrogens with zero attached hydrogens (tertiary/aromatic N) is 7. The molecule has 4 aromatic heterocycles. The molecule has 0 saturated carbocycles. The molecule has 0 aliphatic carbocycles. The smallest absolute Gasteiger partial charge is 0.394 e. The van der Waals surface area contributed by atoms with Crippen molar-refractivity contribution < 1.29 is 14.2 Å². The van der Waals surface area contributed by atoms with Crippen LogP contribution in [-0.2, 0) is 0 Å². The molecule has 8 heterocycles. The first-order chi connectivity index (χ1) is 16.8. The maximum atomic E-state index is 6.56. The molecule has 1 spiro atoms. The van der Waals surface area contributed by atoms with Gasteiger partial charge in [0.15, 0.2) is 5.52 Å². The van der Waals surface area contributed by atoms with Gasteiger partial charge in [-0.05, 0) is 54.5 Å². The summed E-state index contributed by atoms with van der Waals surface area (Å²) in [6.07, 6.45) is 1.90. The van der Waals surface area contributed by atoms with Crippen LogP contribution in [0, 0.1) is 6.92 Å². The Morgan fingerprint density at radius 1 is 1.00 bits per heavy atom. The van der Waals surface area contributed by atoms with E-state index >= 15 is 0 Å². The topological polar surface area (TPSA) is 52.6 Å². The van der Waals surface area contributed by atoms with Gasteiger partial charge in [0.2, 0.25) is 21.9 Å². The Morgan fingerprint density at radius 2 is 1.94 bits per heavy atom. The largest absolute Gasteiger partial charge is 0.438 e. The lowest BCUT2D eigenvalue weighted by Crippen LogP contribution is -2.90. The summed E-state index contributed by atoms with van der Waals surface area (Å²) in [4.78, 5) is 6.79. The molecule has 0 radical (unpaired) electrons. The lowest BCUT2D eigenvalue weighted by molar-refractivity contribution is -1.07. The lowest BCUT2D eigenvalue weighted by Gasteiger charge is -2.30. The van der Waals surface area contributed by atoms with Gasteiger partial charge in [-0.1, -0.05) is 17.8 Å². The number of hydrogen-bond acceptors (Lipinski definition) is 4. The predicted molar refractivity (Wildman–Crippen MR) is 124 cm³/mol. The van der Waals surface area contributed by atoms with Crippen molar-refractivity contribution in [1.82, 2.24) is 24.4 Å². The molecule has 0 N–H and O–H groups in total. The molecule has 0 fully saturated rings. The molecule has 8 nitrogen and oxygen atoms in total. The summed E-state index contributed by atoms with van der Waals surface area (Å²) in [6, 6.07) is 21.3. The van der Waals surface area contributed by atoms with E-state index in [1.54, 1.807) is 0 Å². The Kier molecular flexibility index (Phi) is 2.34. The summed E-state index contributed by atoms with van der Waals surface area (Å²) >= 11 is 1.82. The van der Waals surface area contributed by atoms with Crippen LogP contribution in [0.15, 0.2) is 76.7 Å². The standard InChI is InChI=1S/C25H14N7OS/c1-13-12-17-16-5-3-7-21-29(16)32(30(17)27-13)24-18(33-21)8-9-20-23(24)28-22-14(4-2-6-19(22)34-20)15-10-11-26-31(32)25(15)28/h2-12H,1H3/q+3. The number of para-hydroxylation sites is 1. The van der Waals surface area contributed by atoms with E-state index in [0.717, 1.165) is 45.7 Å². The second-order valence-corrected chi connectivity index (χ2v) is 10.2. The van der Waals surface area contributed by atoms with Crippen LogP contribution >= 0.6 is 11.8 Å². The normalized spacial score (nSPS) is 19.0. The Balaban J connectivity index is 1.59. The highest BCUT2D eigenvalue weighted by Gasteiger charge is 2.73. The van der Waals surface area contributed by atoms with Gasteiger partial charge in [-0.25, -0.2) is 0 Å². The van der Waals surface area contributed by atoms with E-state index in [2.05, 4.69) is 67.4 Å². The fourth-order valence-corrected chi connectivity index (χ4v) is 7.41. The van der Waals surface area contributed by atoms with Gasteiger partial charge in [-0.15, -0.1) is 5.10 Å². The van der Waals surface area contributed by atoms with Crippen molar-refractivity contribution in [2.75, 3.05) is 0 Å². The fraction of sp³-hybridized carbons (Fsp3) is 0.0400. The van der Waals surface area contributed by atoms with Crippen LogP contribution in [-0.4, -0.2) is 19.6 Å². The molecule has 1 unspecified atom stereocenters. The summed E-state index contributed by atoms with van der Waals surface area (Å²) in [5.74, 6) is 1.57. The van der Waals surface area contributed by atoms with Crippen LogP contribution in [0.3, 0.4) is 0 Å². The molecule has 34 heavy (non-hydrogen) atoms. The van der Waals surface area contributed by atoms with Gasteiger partial charge in [-0.3, -0.25) is 0 Å². The van der Waals surface area contributed by atoms with Crippen LogP contribution in [0.2, 0.25) is 0 Å². The third-order valence-electron chi connectivity index (χ3n) is 7.42. The van der Waals surface area contributed by atoms with Crippen LogP contribution in [0.25, 0.3) is 39.0 Å². The molecule has 10 rings (SSSR count). The highest BCUT2D eigenvalue weighted by Crippen LogP contribution is 2.56. The monoisotopic (exact) mass is 460 g/mol. The number of pyridine rings is 1. The maximum absolute atomic E-state index is 6.56. The van der Waals surface area contributed by atoms with E-state index in [-0.39, 0.29) is 4.81 Å². The van der Waals surface area contributed by atoms with Gasteiger partial charge in [0, 0.05) is 16.2 Å². The number of aryl methyl sites for hydroxylation is 1. The first kappa shape index (κ1) is 16.4. The molecule has 4 aliphatic heterocycles. The minimum Gasteiger partial charge on any atom is -0.394 e. The molecular weight excluding hydrogens is 446 g/mol. The second-order valence-electron chi connectivity index (χ2n) is 9.10. The summed E-state index contributed by atoms with van der Waals surface area (Å²) in [7, 11) is 0. The first-order valence-electron chi connectivity index (χ1n) is 11.2. The van der Waals surface area contributed by atoms with Gasteiger partial charge < -0.3 is 4.74 Å². The van der Waals surface area contributed by atoms with Crippen molar-refractivity contribution in [2.24, 2.45) is 0 Å². The Morgan fingerprint density at radius 3 is 2.91 bits per heavy atom. The highest BCUT2D eigenvalue weighted by atomic mass is 32.2. The van der Waals surface area contributed by atoms with Crippen LogP contribution in [0.1, 0.15) is 5.69 Å². The van der Waals surface area contributed by atoms with E-state index in [4.69, 9.17) is 14.9 Å². The van der Waals surface area contributed by atoms with Gasteiger partial charge in [0.05, 0.1) is 33.1 Å². The third-order valence-corrected chi connectivity index (χ3v) is 8.52. The number of rotatable bonds is 0. The summed E-state index contributed by atoms with van der Waals surface area (Å²) < 4.78 is 11.1. The maximum Gasteiger partial charge on any atom is 0.438 e. The highest BCUT2D eigenvalue weighted by molar-refractivity contribution is 7.99. The molecular formula is C25H14N7OS+3. The zero-order valence-corrected chi connectivity index (χ0v) is 18.6. The summed E-state index contributed by atoms with van der Waals surface area (Å²) in [6.45, 7) is 2.04. The number of fused-ring (bicyclic) bond motifs is 3. The van der Waals surface area contributed by atoms with Gasteiger partial charge in [0.25, 0.3) is 0 Å². The number of hydrogen-bond donors (Lipinski definition) is 0. The van der Waals surface area contributed by atoms with E-state index in [0.29, 0.717) is 0 Å². The summed E-state index contributed by atoms with van der Waals surface area (Å²) in [5, 5.41) is 12.5. The fourth-order valence-electron chi connectivity index (χ4n) is 6.31. The van der Waals surface area contributed by atoms with Gasteiger partial charge in [0.1, 0.15) is 9.47 Å². The number of benzene rings is 2. The van der Waals surface area contributed by atoms with Gasteiger partial charge in [-0.2, -0.15) is 4.57 Å². The molecule has 0 saturated heterocycles. The molecule has 1 atom stereocenters. The van der Waals surface area contributed by atoms with Crippen molar-refractivity contribution in [3.8, 4) is 28.7 Å². The molecule has 4 aliphatic rings. The van der Waals surface area contributed by atoms with Crippen molar-refractivity contribution in [3.05, 3.63) is 72.6 Å². The SMILES string of the molecule is Cc1cc2n(n1)[N+]13c4c(ccc5c4-n4c6c(cccc6c6ccn[n+]1c64)S5)Oc1cccc-2[n+]13. The minimum absolute atomic E-state index is 0.150. The predicted octanol–water partition coefficient (Wildman–Crippen LogP) is 3.82. The Bertz CT molecular complexity index is 2000. The molecule has 9 heteroatoms. The zero-order valence-electron chi connectivity index (χ0n) is 17.8. The van der Waals surface area contributed by atoms with E-state index in [9.17, 15) is 0 Å². The lowest BCUT2D eigenvalue weighted by atomic mass is 10.2.